The summed E-state index contributed by atoms with van der Waals surface area (Å²) in [4.78, 5) is 12.0. The molecule has 0 spiro atoms. The summed E-state index contributed by atoms with van der Waals surface area (Å²) < 4.78 is 0. The molecule has 3 nitrogen and oxygen atoms in total. The van der Waals surface area contributed by atoms with Crippen molar-refractivity contribution in [2.45, 2.75) is 63.8 Å². The second kappa shape index (κ2) is 9.80. The second-order valence-electron chi connectivity index (χ2n) is 6.44. The van der Waals surface area contributed by atoms with E-state index < -0.39 is 8.80 Å². The Balaban J connectivity index is 2.36. The first kappa shape index (κ1) is 18.9. The highest BCUT2D eigenvalue weighted by molar-refractivity contribution is 6.61. The quantitative estimate of drug-likeness (QED) is 0.536. The number of benzene rings is 1. The van der Waals surface area contributed by atoms with Crippen LogP contribution in [0.15, 0.2) is 30.3 Å². The van der Waals surface area contributed by atoms with Gasteiger partial charge in [0.15, 0.2) is 0 Å². The average molecular weight is 321 g/mol. The van der Waals surface area contributed by atoms with Crippen LogP contribution in [-0.4, -0.2) is 32.5 Å². The van der Waals surface area contributed by atoms with E-state index >= 15 is 0 Å². The van der Waals surface area contributed by atoms with E-state index in [-0.39, 0.29) is 12.0 Å². The Kier molecular flexibility index (Phi) is 8.42. The lowest BCUT2D eigenvalue weighted by atomic mass is 10.2. The zero-order chi connectivity index (χ0) is 16.5. The summed E-state index contributed by atoms with van der Waals surface area (Å²) >= 11 is 0. The van der Waals surface area contributed by atoms with Crippen molar-refractivity contribution < 1.29 is 9.90 Å². The molecule has 0 fully saturated rings. The third kappa shape index (κ3) is 6.75. The van der Waals surface area contributed by atoms with Gasteiger partial charge in [0.2, 0.25) is 0 Å². The number of hydrogen-bond acceptors (Lipinski definition) is 2. The predicted molar refractivity (Wildman–Crippen MR) is 94.8 cm³/mol. The normalized spacial score (nSPS) is 13.7. The Bertz CT molecular complexity index is 434. The molecule has 2 N–H and O–H groups in total. The molecule has 1 amide bonds. The lowest BCUT2D eigenvalue weighted by Gasteiger charge is -2.15. The molecule has 0 aliphatic carbocycles. The van der Waals surface area contributed by atoms with Crippen LogP contribution in [0.3, 0.4) is 0 Å². The molecule has 1 aromatic rings. The SMILES string of the molecule is CC(O)CC(C)[Si+](CCCNC(=O)c1ccccc1)C(C)C. The summed E-state index contributed by atoms with van der Waals surface area (Å²) in [5.41, 5.74) is 2.03. The van der Waals surface area contributed by atoms with Gasteiger partial charge in [-0.3, -0.25) is 4.79 Å². The van der Waals surface area contributed by atoms with Gasteiger partial charge in [0.1, 0.15) is 0 Å². The number of aliphatic hydroxyl groups is 1. The fourth-order valence-corrected chi connectivity index (χ4v) is 6.39. The van der Waals surface area contributed by atoms with Crippen LogP contribution >= 0.6 is 0 Å². The minimum absolute atomic E-state index is 0.0101. The summed E-state index contributed by atoms with van der Waals surface area (Å²) in [6, 6.07) is 10.5. The molecule has 1 rings (SSSR count). The van der Waals surface area contributed by atoms with Crippen molar-refractivity contribution in [1.29, 1.82) is 0 Å². The van der Waals surface area contributed by atoms with Crippen LogP contribution in [0.25, 0.3) is 0 Å². The summed E-state index contributed by atoms with van der Waals surface area (Å²) in [5, 5.41) is 12.6. The van der Waals surface area contributed by atoms with Crippen molar-refractivity contribution >= 4 is 14.7 Å². The second-order valence-corrected chi connectivity index (χ2v) is 10.2. The fraction of sp³-hybridized carbons (Fsp3) is 0.611. The summed E-state index contributed by atoms with van der Waals surface area (Å²) in [5.74, 6) is 0.0101. The summed E-state index contributed by atoms with van der Waals surface area (Å²) in [6.07, 6.45) is 1.70. The van der Waals surface area contributed by atoms with Crippen molar-refractivity contribution in [2.24, 2.45) is 0 Å². The van der Waals surface area contributed by atoms with Crippen LogP contribution in [0.2, 0.25) is 17.1 Å². The van der Waals surface area contributed by atoms with E-state index in [0.717, 1.165) is 24.9 Å². The first-order valence-electron chi connectivity index (χ1n) is 8.28. The van der Waals surface area contributed by atoms with Gasteiger partial charge in [-0.1, -0.05) is 18.2 Å². The third-order valence-electron chi connectivity index (χ3n) is 4.03. The Morgan fingerprint density at radius 3 is 2.36 bits per heavy atom. The predicted octanol–water partition coefficient (Wildman–Crippen LogP) is 3.87. The molecule has 4 heteroatoms. The molecule has 2 unspecified atom stereocenters. The first-order chi connectivity index (χ1) is 10.4. The highest BCUT2D eigenvalue weighted by Crippen LogP contribution is 2.28. The van der Waals surface area contributed by atoms with E-state index in [4.69, 9.17) is 0 Å². The van der Waals surface area contributed by atoms with Crippen LogP contribution in [0, 0.1) is 0 Å². The maximum Gasteiger partial charge on any atom is 0.320 e. The molecule has 2 atom stereocenters. The van der Waals surface area contributed by atoms with E-state index in [1.54, 1.807) is 0 Å². The number of aliphatic hydroxyl groups excluding tert-OH is 1. The third-order valence-corrected chi connectivity index (χ3v) is 7.95. The van der Waals surface area contributed by atoms with Gasteiger partial charge in [-0.25, -0.2) is 0 Å². The molecule has 0 bridgehead atoms. The minimum Gasteiger partial charge on any atom is -0.393 e. The molecule has 0 aromatic heterocycles. The Hall–Kier alpha value is -1.13. The van der Waals surface area contributed by atoms with Crippen LogP contribution in [0.1, 0.15) is 50.9 Å². The Morgan fingerprint density at radius 1 is 1.18 bits per heavy atom. The largest absolute Gasteiger partial charge is 0.393 e. The number of amides is 1. The minimum atomic E-state index is -0.508. The Morgan fingerprint density at radius 2 is 1.82 bits per heavy atom. The molecule has 0 radical (unpaired) electrons. The molecule has 0 aliphatic heterocycles. The van der Waals surface area contributed by atoms with Crippen LogP contribution in [-0.2, 0) is 0 Å². The monoisotopic (exact) mass is 320 g/mol. The number of hydrogen-bond donors (Lipinski definition) is 2. The van der Waals surface area contributed by atoms with Crippen molar-refractivity contribution in [3.8, 4) is 0 Å². The van der Waals surface area contributed by atoms with Crippen LogP contribution < -0.4 is 5.32 Å². The molecule has 0 saturated heterocycles. The first-order valence-corrected chi connectivity index (χ1v) is 10.1. The number of nitrogens with one attached hydrogen (secondary N) is 1. The van der Waals surface area contributed by atoms with E-state index in [0.29, 0.717) is 11.1 Å². The highest BCUT2D eigenvalue weighted by atomic mass is 28.3. The van der Waals surface area contributed by atoms with Gasteiger partial charge in [0.05, 0.1) is 23.2 Å². The zero-order valence-corrected chi connectivity index (χ0v) is 15.3. The van der Waals surface area contributed by atoms with Gasteiger partial charge in [-0.15, -0.1) is 0 Å². The molecule has 22 heavy (non-hydrogen) atoms. The van der Waals surface area contributed by atoms with Crippen molar-refractivity contribution in [1.82, 2.24) is 5.32 Å². The molecule has 1 aromatic carbocycles. The molecule has 122 valence electrons. The standard InChI is InChI=1S/C18H29NO2Si/c1-14(2)22(16(4)13-15(3)20)12-8-11-19-18(21)17-9-6-5-7-10-17/h5-7,9-10,14-16,20H,8,11-13H2,1-4H3/p+1. The number of carbonyl (C=O) groups is 1. The van der Waals surface area contributed by atoms with Crippen LogP contribution in [0.5, 0.6) is 0 Å². The molecule has 0 heterocycles. The maximum absolute atomic E-state index is 12.0. The number of carbonyl (C=O) groups excluding carboxylic acids is 1. The van der Waals surface area contributed by atoms with E-state index in [2.05, 4.69) is 26.1 Å². The van der Waals surface area contributed by atoms with Gasteiger partial charge < -0.3 is 10.4 Å². The molecule has 0 saturated carbocycles. The molecular weight excluding hydrogens is 290 g/mol. The smallest absolute Gasteiger partial charge is 0.320 e. The zero-order valence-electron chi connectivity index (χ0n) is 14.3. The van der Waals surface area contributed by atoms with Crippen molar-refractivity contribution in [3.63, 3.8) is 0 Å². The van der Waals surface area contributed by atoms with Gasteiger partial charge in [0.25, 0.3) is 5.91 Å². The van der Waals surface area contributed by atoms with Gasteiger partial charge in [0, 0.05) is 18.5 Å². The summed E-state index contributed by atoms with van der Waals surface area (Å²) in [6.45, 7) is 9.45. The highest BCUT2D eigenvalue weighted by Gasteiger charge is 2.37. The van der Waals surface area contributed by atoms with E-state index in [1.807, 2.05) is 37.3 Å². The van der Waals surface area contributed by atoms with Crippen LogP contribution in [0.4, 0.5) is 0 Å². The van der Waals surface area contributed by atoms with E-state index in [9.17, 15) is 9.90 Å². The number of rotatable bonds is 9. The lowest BCUT2D eigenvalue weighted by molar-refractivity contribution is 0.0953. The Labute approximate surface area is 136 Å². The fourth-order valence-electron chi connectivity index (χ4n) is 2.95. The topological polar surface area (TPSA) is 49.3 Å². The van der Waals surface area contributed by atoms with Crippen molar-refractivity contribution in [3.05, 3.63) is 35.9 Å². The van der Waals surface area contributed by atoms with Crippen molar-refractivity contribution in [2.75, 3.05) is 6.54 Å². The van der Waals surface area contributed by atoms with Gasteiger partial charge in [-0.05, 0) is 46.2 Å². The molecule has 0 aliphatic rings. The van der Waals surface area contributed by atoms with Gasteiger partial charge >= 0.3 is 8.80 Å². The maximum atomic E-state index is 12.0. The molecular formula is C18H30NO2Si+. The lowest BCUT2D eigenvalue weighted by Crippen LogP contribution is -2.28. The van der Waals surface area contributed by atoms with E-state index in [1.165, 1.54) is 6.04 Å². The summed E-state index contributed by atoms with van der Waals surface area (Å²) in [7, 11) is -0.508. The average Bonchev–Trinajstić information content (AvgIpc) is 2.46. The van der Waals surface area contributed by atoms with Gasteiger partial charge in [-0.2, -0.15) is 0 Å².